The highest BCUT2D eigenvalue weighted by Gasteiger charge is 2.33. The minimum atomic E-state index is -4.63. The lowest BCUT2D eigenvalue weighted by Gasteiger charge is -2.32. The molecule has 0 radical (unpaired) electrons. The van der Waals surface area contributed by atoms with Crippen molar-refractivity contribution >= 4 is 29.2 Å². The van der Waals surface area contributed by atoms with Crippen LogP contribution in [0, 0.1) is 5.82 Å². The zero-order valence-electron chi connectivity index (χ0n) is 21.1. The number of anilines is 3. The SMILES string of the molecule is CN(C)CCN(C)c1ccc(C(F)(F)F)cc1NC(=O)c1cc(C2(N)N=Cc3ccccc3N2)ccc1F. The van der Waals surface area contributed by atoms with Crippen molar-refractivity contribution in [1.29, 1.82) is 0 Å². The summed E-state index contributed by atoms with van der Waals surface area (Å²) >= 11 is 0. The van der Waals surface area contributed by atoms with Gasteiger partial charge in [0.1, 0.15) is 5.82 Å². The summed E-state index contributed by atoms with van der Waals surface area (Å²) in [6.07, 6.45) is -3.05. The smallest absolute Gasteiger partial charge is 0.372 e. The van der Waals surface area contributed by atoms with Crippen LogP contribution in [0.25, 0.3) is 0 Å². The molecule has 0 bridgehead atoms. The van der Waals surface area contributed by atoms with Gasteiger partial charge in [0.05, 0.1) is 22.5 Å². The molecule has 1 aliphatic heterocycles. The normalized spacial score (nSPS) is 16.7. The molecule has 3 aromatic rings. The predicted molar refractivity (Wildman–Crippen MR) is 141 cm³/mol. The van der Waals surface area contributed by atoms with Crippen LogP contribution in [-0.2, 0) is 12.0 Å². The highest BCUT2D eigenvalue weighted by molar-refractivity contribution is 6.06. The highest BCUT2D eigenvalue weighted by atomic mass is 19.4. The Hall–Kier alpha value is -3.96. The fourth-order valence-corrected chi connectivity index (χ4v) is 4.02. The first kappa shape index (κ1) is 27.1. The summed E-state index contributed by atoms with van der Waals surface area (Å²) in [4.78, 5) is 21.2. The number of rotatable bonds is 7. The Balaban J connectivity index is 1.66. The van der Waals surface area contributed by atoms with Crippen LogP contribution >= 0.6 is 0 Å². The number of carbonyl (C=O) groups is 1. The molecule has 1 amide bonds. The second kappa shape index (κ2) is 10.4. The molecule has 200 valence electrons. The molecule has 0 aliphatic carbocycles. The van der Waals surface area contributed by atoms with Crippen LogP contribution in [-0.4, -0.2) is 51.3 Å². The maximum Gasteiger partial charge on any atom is 0.416 e. The quantitative estimate of drug-likeness (QED) is 0.387. The summed E-state index contributed by atoms with van der Waals surface area (Å²) in [5.41, 5.74) is 7.20. The third kappa shape index (κ3) is 5.79. The van der Waals surface area contributed by atoms with Crippen LogP contribution in [0.2, 0.25) is 0 Å². The minimum absolute atomic E-state index is 0.0962. The van der Waals surface area contributed by atoms with Gasteiger partial charge < -0.3 is 20.4 Å². The van der Waals surface area contributed by atoms with Gasteiger partial charge in [0.25, 0.3) is 5.91 Å². The molecule has 0 saturated carbocycles. The average Bonchev–Trinajstić information content (AvgIpc) is 2.86. The third-order valence-electron chi connectivity index (χ3n) is 6.21. The molecule has 0 saturated heterocycles. The van der Waals surface area contributed by atoms with Gasteiger partial charge in [-0.1, -0.05) is 24.3 Å². The van der Waals surface area contributed by atoms with E-state index in [2.05, 4.69) is 15.6 Å². The van der Waals surface area contributed by atoms with Crippen molar-refractivity contribution in [1.82, 2.24) is 4.90 Å². The zero-order valence-corrected chi connectivity index (χ0v) is 21.1. The van der Waals surface area contributed by atoms with Crippen molar-refractivity contribution in [2.75, 3.05) is 49.8 Å². The molecular weight excluding hydrogens is 500 g/mol. The van der Waals surface area contributed by atoms with E-state index in [1.165, 1.54) is 18.2 Å². The maximum absolute atomic E-state index is 14.8. The van der Waals surface area contributed by atoms with E-state index in [1.807, 2.05) is 37.2 Å². The Morgan fingerprint density at radius 2 is 1.79 bits per heavy atom. The fourth-order valence-electron chi connectivity index (χ4n) is 4.02. The summed E-state index contributed by atoms with van der Waals surface area (Å²) in [5.74, 6) is -3.26. The van der Waals surface area contributed by atoms with Crippen molar-refractivity contribution in [3.63, 3.8) is 0 Å². The number of alkyl halides is 3. The molecule has 0 fully saturated rings. The second-order valence-electron chi connectivity index (χ2n) is 9.34. The highest BCUT2D eigenvalue weighted by Crippen LogP contribution is 2.36. The molecule has 7 nitrogen and oxygen atoms in total. The van der Waals surface area contributed by atoms with E-state index < -0.39 is 29.3 Å². The number of amides is 1. The lowest BCUT2D eigenvalue weighted by atomic mass is 10.0. The van der Waals surface area contributed by atoms with Gasteiger partial charge in [0.2, 0.25) is 5.79 Å². The number of nitrogens with two attached hydrogens (primary N) is 1. The van der Waals surface area contributed by atoms with Gasteiger partial charge in [-0.15, -0.1) is 0 Å². The number of para-hydroxylation sites is 1. The molecule has 0 spiro atoms. The number of hydrogen-bond acceptors (Lipinski definition) is 6. The molecular formula is C27H28F4N6O. The first-order valence-electron chi connectivity index (χ1n) is 11.8. The Kier molecular flexibility index (Phi) is 7.43. The maximum atomic E-state index is 14.8. The predicted octanol–water partition coefficient (Wildman–Crippen LogP) is 4.71. The van der Waals surface area contributed by atoms with E-state index in [1.54, 1.807) is 24.2 Å². The van der Waals surface area contributed by atoms with Crippen molar-refractivity contribution in [2.24, 2.45) is 10.7 Å². The minimum Gasteiger partial charge on any atom is -0.372 e. The van der Waals surface area contributed by atoms with E-state index in [4.69, 9.17) is 5.73 Å². The Morgan fingerprint density at radius 3 is 2.50 bits per heavy atom. The summed E-state index contributed by atoms with van der Waals surface area (Å²) < 4.78 is 55.2. The largest absolute Gasteiger partial charge is 0.416 e. The monoisotopic (exact) mass is 528 g/mol. The van der Waals surface area contributed by atoms with E-state index >= 15 is 0 Å². The van der Waals surface area contributed by atoms with Crippen molar-refractivity contribution in [3.05, 3.63) is 88.7 Å². The number of carbonyl (C=O) groups excluding carboxylic acids is 1. The first-order valence-corrected chi connectivity index (χ1v) is 11.8. The molecule has 1 atom stereocenters. The number of likely N-dealkylation sites (N-methyl/N-ethyl adjacent to an activating group) is 2. The number of benzene rings is 3. The third-order valence-corrected chi connectivity index (χ3v) is 6.21. The van der Waals surface area contributed by atoms with Gasteiger partial charge >= 0.3 is 6.18 Å². The molecule has 4 N–H and O–H groups in total. The summed E-state index contributed by atoms with van der Waals surface area (Å²) in [6.45, 7) is 1.10. The van der Waals surface area contributed by atoms with Crippen LogP contribution in [0.3, 0.4) is 0 Å². The fraction of sp³-hybridized carbons (Fsp3) is 0.259. The van der Waals surface area contributed by atoms with Crippen LogP contribution < -0.4 is 21.3 Å². The van der Waals surface area contributed by atoms with E-state index in [0.717, 1.165) is 23.8 Å². The molecule has 11 heteroatoms. The van der Waals surface area contributed by atoms with Crippen molar-refractivity contribution in [2.45, 2.75) is 12.0 Å². The van der Waals surface area contributed by atoms with E-state index in [-0.39, 0.29) is 11.3 Å². The van der Waals surface area contributed by atoms with Crippen LogP contribution in [0.5, 0.6) is 0 Å². The Morgan fingerprint density at radius 1 is 1.05 bits per heavy atom. The Bertz CT molecular complexity index is 1370. The molecule has 1 heterocycles. The number of hydrogen-bond donors (Lipinski definition) is 3. The molecule has 0 aromatic heterocycles. The number of aliphatic imine (C=N–C) groups is 1. The van der Waals surface area contributed by atoms with Gasteiger partial charge in [-0.2, -0.15) is 13.2 Å². The lowest BCUT2D eigenvalue weighted by molar-refractivity contribution is -0.137. The van der Waals surface area contributed by atoms with Gasteiger partial charge in [-0.25, -0.2) is 9.38 Å². The van der Waals surface area contributed by atoms with Gasteiger partial charge in [-0.3, -0.25) is 10.5 Å². The molecule has 3 aromatic carbocycles. The number of nitrogens with zero attached hydrogens (tertiary/aromatic N) is 3. The summed E-state index contributed by atoms with van der Waals surface area (Å²) in [7, 11) is 5.44. The molecule has 4 rings (SSSR count). The Labute approximate surface area is 218 Å². The lowest BCUT2D eigenvalue weighted by Crippen LogP contribution is -2.45. The summed E-state index contributed by atoms with van der Waals surface area (Å²) in [6, 6.07) is 14.1. The van der Waals surface area contributed by atoms with Gasteiger partial charge in [-0.05, 0) is 50.5 Å². The summed E-state index contributed by atoms with van der Waals surface area (Å²) in [5, 5.41) is 5.56. The average molecular weight is 529 g/mol. The number of halogens is 4. The van der Waals surface area contributed by atoms with Gasteiger partial charge in [0.15, 0.2) is 0 Å². The van der Waals surface area contributed by atoms with Crippen molar-refractivity contribution in [3.8, 4) is 0 Å². The number of nitrogens with one attached hydrogen (secondary N) is 2. The molecule has 38 heavy (non-hydrogen) atoms. The first-order chi connectivity index (χ1) is 17.9. The topological polar surface area (TPSA) is 86.0 Å². The van der Waals surface area contributed by atoms with Crippen LogP contribution in [0.15, 0.2) is 65.7 Å². The van der Waals surface area contributed by atoms with Gasteiger partial charge in [0, 0.05) is 43.2 Å². The molecule has 1 aliphatic rings. The molecule has 1 unspecified atom stereocenters. The van der Waals surface area contributed by atoms with Crippen molar-refractivity contribution < 1.29 is 22.4 Å². The number of fused-ring (bicyclic) bond motifs is 1. The standard InChI is InChI=1S/C27H28F4N6O/c1-36(2)12-13-37(3)24-11-9-18(26(29,30)31)15-23(24)34-25(38)20-14-19(8-10-21(20)28)27(32)33-16-17-6-4-5-7-22(17)35-27/h4-11,14-16,35H,12-13,32H2,1-3H3,(H,34,38). The van der Waals surface area contributed by atoms with E-state index in [9.17, 15) is 22.4 Å². The van der Waals surface area contributed by atoms with E-state index in [0.29, 0.717) is 30.0 Å². The van der Waals surface area contributed by atoms with Crippen LogP contribution in [0.4, 0.5) is 34.6 Å². The van der Waals surface area contributed by atoms with Crippen LogP contribution in [0.1, 0.15) is 27.0 Å². The zero-order chi connectivity index (χ0) is 27.7. The second-order valence-corrected chi connectivity index (χ2v) is 9.34.